The zero-order chi connectivity index (χ0) is 14.4. The number of nitrogens with one attached hydrogen (secondary N) is 1. The molecule has 1 heterocycles. The van der Waals surface area contributed by atoms with Crippen molar-refractivity contribution in [1.29, 1.82) is 0 Å². The van der Waals surface area contributed by atoms with E-state index in [1.165, 1.54) is 0 Å². The summed E-state index contributed by atoms with van der Waals surface area (Å²) in [5.41, 5.74) is 0. The van der Waals surface area contributed by atoms with Gasteiger partial charge >= 0.3 is 0 Å². The summed E-state index contributed by atoms with van der Waals surface area (Å²) < 4.78 is 6.57. The first-order chi connectivity index (χ1) is 9.72. The average Bonchev–Trinajstić information content (AvgIpc) is 2.89. The molecule has 0 aromatic heterocycles. The van der Waals surface area contributed by atoms with Gasteiger partial charge in [0.1, 0.15) is 5.75 Å². The number of para-hydroxylation sites is 1. The zero-order valence-electron chi connectivity index (χ0n) is 12.2. The highest BCUT2D eigenvalue weighted by atomic mass is 79.9. The lowest BCUT2D eigenvalue weighted by Crippen LogP contribution is -2.41. The first-order valence-corrected chi connectivity index (χ1v) is 7.83. The number of likely N-dealkylation sites (tertiary alicyclic amines) is 1. The van der Waals surface area contributed by atoms with Crippen LogP contribution in [-0.2, 0) is 4.79 Å². The van der Waals surface area contributed by atoms with E-state index in [2.05, 4.69) is 21.2 Å². The number of amides is 1. The highest BCUT2D eigenvalue weighted by molar-refractivity contribution is 9.10. The normalized spacial score (nSPS) is 17.4. The number of hydrogen-bond donors (Lipinski definition) is 1. The summed E-state index contributed by atoms with van der Waals surface area (Å²) in [7, 11) is 1.93. The van der Waals surface area contributed by atoms with Gasteiger partial charge < -0.3 is 15.0 Å². The van der Waals surface area contributed by atoms with Crippen LogP contribution in [0.25, 0.3) is 0 Å². The topological polar surface area (TPSA) is 41.6 Å². The van der Waals surface area contributed by atoms with Crippen molar-refractivity contribution in [1.82, 2.24) is 10.2 Å². The predicted octanol–water partition coefficient (Wildman–Crippen LogP) is 2.85. The first-order valence-electron chi connectivity index (χ1n) is 7.03. The Balaban J connectivity index is 0.00000220. The summed E-state index contributed by atoms with van der Waals surface area (Å²) in [4.78, 5) is 14.2. The Hall–Kier alpha value is -0.780. The van der Waals surface area contributed by atoms with E-state index in [9.17, 15) is 4.79 Å². The second-order valence-electron chi connectivity index (χ2n) is 4.97. The number of benzene rings is 1. The van der Waals surface area contributed by atoms with Crippen molar-refractivity contribution in [2.24, 2.45) is 0 Å². The molecule has 1 aliphatic rings. The van der Waals surface area contributed by atoms with Crippen LogP contribution in [0.5, 0.6) is 5.75 Å². The SMILES string of the molecule is CNCC1CCCN1C(=O)CCOc1ccccc1Br.Cl. The molecular formula is C15H22BrClN2O2. The van der Waals surface area contributed by atoms with Crippen molar-refractivity contribution in [3.63, 3.8) is 0 Å². The quantitative estimate of drug-likeness (QED) is 0.829. The van der Waals surface area contributed by atoms with Crippen LogP contribution < -0.4 is 10.1 Å². The van der Waals surface area contributed by atoms with Crippen molar-refractivity contribution in [3.05, 3.63) is 28.7 Å². The number of likely N-dealkylation sites (N-methyl/N-ethyl adjacent to an activating group) is 1. The van der Waals surface area contributed by atoms with Gasteiger partial charge in [0.25, 0.3) is 0 Å². The Kier molecular flexibility index (Phi) is 8.07. The summed E-state index contributed by atoms with van der Waals surface area (Å²) in [5.74, 6) is 0.975. The fourth-order valence-corrected chi connectivity index (χ4v) is 2.96. The number of carbonyl (C=O) groups excluding carboxylic acids is 1. The van der Waals surface area contributed by atoms with Gasteiger partial charge in [-0.05, 0) is 48.0 Å². The molecule has 0 saturated carbocycles. The molecule has 2 rings (SSSR count). The molecule has 0 radical (unpaired) electrons. The van der Waals surface area contributed by atoms with Gasteiger partial charge in [0, 0.05) is 19.1 Å². The first kappa shape index (κ1) is 18.3. The van der Waals surface area contributed by atoms with E-state index in [1.807, 2.05) is 36.2 Å². The van der Waals surface area contributed by atoms with Gasteiger partial charge in [0.15, 0.2) is 0 Å². The van der Waals surface area contributed by atoms with Gasteiger partial charge in [-0.3, -0.25) is 4.79 Å². The van der Waals surface area contributed by atoms with E-state index in [1.54, 1.807) is 0 Å². The van der Waals surface area contributed by atoms with E-state index in [0.29, 0.717) is 19.1 Å². The van der Waals surface area contributed by atoms with Crippen LogP contribution in [-0.4, -0.2) is 43.6 Å². The zero-order valence-corrected chi connectivity index (χ0v) is 14.6. The molecule has 118 valence electrons. The summed E-state index contributed by atoms with van der Waals surface area (Å²) in [6, 6.07) is 8.03. The van der Waals surface area contributed by atoms with E-state index in [4.69, 9.17) is 4.74 Å². The smallest absolute Gasteiger partial charge is 0.226 e. The molecule has 1 aromatic carbocycles. The summed E-state index contributed by atoms with van der Waals surface area (Å²) in [6.07, 6.45) is 2.63. The monoisotopic (exact) mass is 376 g/mol. The van der Waals surface area contributed by atoms with Crippen LogP contribution in [0.3, 0.4) is 0 Å². The van der Waals surface area contributed by atoms with Crippen LogP contribution in [0, 0.1) is 0 Å². The third kappa shape index (κ3) is 5.16. The lowest BCUT2D eigenvalue weighted by atomic mass is 10.2. The molecule has 21 heavy (non-hydrogen) atoms. The molecule has 1 unspecified atom stereocenters. The molecule has 1 aliphatic heterocycles. The number of nitrogens with zero attached hydrogens (tertiary/aromatic N) is 1. The summed E-state index contributed by atoms with van der Waals surface area (Å²) in [6.45, 7) is 2.17. The minimum atomic E-state index is 0. The van der Waals surface area contributed by atoms with Gasteiger partial charge in [0.05, 0.1) is 17.5 Å². The van der Waals surface area contributed by atoms with Gasteiger partial charge in [-0.1, -0.05) is 12.1 Å². The minimum Gasteiger partial charge on any atom is -0.492 e. The second kappa shape index (κ2) is 9.28. The van der Waals surface area contributed by atoms with Crippen LogP contribution in [0.4, 0.5) is 0 Å². The average molecular weight is 378 g/mol. The maximum Gasteiger partial charge on any atom is 0.226 e. The van der Waals surface area contributed by atoms with Crippen LogP contribution in [0.15, 0.2) is 28.7 Å². The molecule has 0 spiro atoms. The highest BCUT2D eigenvalue weighted by Crippen LogP contribution is 2.24. The molecule has 1 fully saturated rings. The maximum absolute atomic E-state index is 12.2. The molecule has 1 N–H and O–H groups in total. The van der Waals surface area contributed by atoms with E-state index in [0.717, 1.165) is 36.2 Å². The van der Waals surface area contributed by atoms with Gasteiger partial charge in [-0.25, -0.2) is 0 Å². The molecule has 4 nitrogen and oxygen atoms in total. The lowest BCUT2D eigenvalue weighted by molar-refractivity contribution is -0.132. The van der Waals surface area contributed by atoms with Gasteiger partial charge in [-0.2, -0.15) is 0 Å². The standard InChI is InChI=1S/C15H21BrN2O2.ClH/c1-17-11-12-5-4-9-18(12)15(19)8-10-20-14-7-3-2-6-13(14)16;/h2-3,6-7,12,17H,4-5,8-11H2,1H3;1H. The Morgan fingerprint density at radius 1 is 1.48 bits per heavy atom. The fourth-order valence-electron chi connectivity index (χ4n) is 2.57. The van der Waals surface area contributed by atoms with E-state index in [-0.39, 0.29) is 18.3 Å². The van der Waals surface area contributed by atoms with Crippen molar-refractivity contribution in [2.45, 2.75) is 25.3 Å². The molecule has 1 amide bonds. The highest BCUT2D eigenvalue weighted by Gasteiger charge is 2.27. The number of rotatable bonds is 6. The predicted molar refractivity (Wildman–Crippen MR) is 90.2 cm³/mol. The molecular weight excluding hydrogens is 356 g/mol. The van der Waals surface area contributed by atoms with Crippen LogP contribution in [0.1, 0.15) is 19.3 Å². The Morgan fingerprint density at radius 2 is 2.24 bits per heavy atom. The Morgan fingerprint density at radius 3 is 2.95 bits per heavy atom. The molecule has 1 saturated heterocycles. The molecule has 0 bridgehead atoms. The number of ether oxygens (including phenoxy) is 1. The summed E-state index contributed by atoms with van der Waals surface area (Å²) >= 11 is 3.43. The van der Waals surface area contributed by atoms with E-state index >= 15 is 0 Å². The second-order valence-corrected chi connectivity index (χ2v) is 5.82. The third-order valence-electron chi connectivity index (χ3n) is 3.55. The maximum atomic E-state index is 12.2. The third-order valence-corrected chi connectivity index (χ3v) is 4.20. The van der Waals surface area contributed by atoms with Crippen LogP contribution in [0.2, 0.25) is 0 Å². The minimum absolute atomic E-state index is 0. The van der Waals surface area contributed by atoms with E-state index < -0.39 is 0 Å². The largest absolute Gasteiger partial charge is 0.492 e. The van der Waals surface area contributed by atoms with Gasteiger partial charge in [0.2, 0.25) is 5.91 Å². The fraction of sp³-hybridized carbons (Fsp3) is 0.533. The molecule has 0 aliphatic carbocycles. The number of hydrogen-bond acceptors (Lipinski definition) is 3. The van der Waals surface area contributed by atoms with Crippen molar-refractivity contribution >= 4 is 34.2 Å². The summed E-state index contributed by atoms with van der Waals surface area (Å²) in [5, 5.41) is 3.15. The molecule has 6 heteroatoms. The Labute approximate surface area is 140 Å². The molecule has 1 aromatic rings. The van der Waals surface area contributed by atoms with Crippen molar-refractivity contribution in [2.75, 3.05) is 26.7 Å². The number of carbonyl (C=O) groups is 1. The van der Waals surface area contributed by atoms with Gasteiger partial charge in [-0.15, -0.1) is 12.4 Å². The molecule has 1 atom stereocenters. The van der Waals surface area contributed by atoms with Crippen LogP contribution >= 0.6 is 28.3 Å². The Bertz CT molecular complexity index is 459. The lowest BCUT2D eigenvalue weighted by Gasteiger charge is -2.24. The number of halogens is 2. The van der Waals surface area contributed by atoms with Crippen molar-refractivity contribution in [3.8, 4) is 5.75 Å². The van der Waals surface area contributed by atoms with Crippen molar-refractivity contribution < 1.29 is 9.53 Å².